The number of nitrogens with one attached hydrogen (secondary N) is 2. The average molecular weight is 567 g/mol. The second kappa shape index (κ2) is 13.5. The number of hydrogen-bond acceptors (Lipinski definition) is 6. The summed E-state index contributed by atoms with van der Waals surface area (Å²) in [5.41, 5.74) is 9.83. The Bertz CT molecular complexity index is 1590. The van der Waals surface area contributed by atoms with Crippen molar-refractivity contribution in [3.05, 3.63) is 86.0 Å². The Hall–Kier alpha value is -5.06. The van der Waals surface area contributed by atoms with Crippen LogP contribution in [0.15, 0.2) is 101 Å². The van der Waals surface area contributed by atoms with E-state index in [1.54, 1.807) is 0 Å². The molecule has 0 unspecified atom stereocenters. The number of carbonyl (C=O) groups is 1. The molecule has 0 spiro atoms. The molecule has 4 N–H and O–H groups in total. The van der Waals surface area contributed by atoms with Crippen LogP contribution < -0.4 is 25.5 Å². The Morgan fingerprint density at radius 3 is 1.79 bits per heavy atom. The predicted molar refractivity (Wildman–Crippen MR) is 166 cm³/mol. The zero-order valence-electron chi connectivity index (χ0n) is 24.1. The molecule has 0 saturated heterocycles. The highest BCUT2D eigenvalue weighted by atomic mass is 16.1. The van der Waals surface area contributed by atoms with Crippen LogP contribution in [0.25, 0.3) is 0 Å². The van der Waals surface area contributed by atoms with Crippen LogP contribution in [0.4, 0.5) is 22.7 Å². The molecule has 4 aromatic rings. The fourth-order valence-corrected chi connectivity index (χ4v) is 4.58. The molecule has 2 aromatic carbocycles. The molecule has 5 rings (SSSR count). The van der Waals surface area contributed by atoms with Crippen molar-refractivity contribution in [3.63, 3.8) is 0 Å². The van der Waals surface area contributed by atoms with Crippen LogP contribution in [0.1, 0.15) is 19.3 Å². The van der Waals surface area contributed by atoms with E-state index in [1.807, 2.05) is 84.2 Å². The highest BCUT2D eigenvalue weighted by Crippen LogP contribution is 2.21. The van der Waals surface area contributed by atoms with Gasteiger partial charge in [0, 0.05) is 37.3 Å². The molecular formula is C31H38N10O+2. The molecular weight excluding hydrogens is 528 g/mol. The summed E-state index contributed by atoms with van der Waals surface area (Å²) in [4.78, 5) is 26.0. The Labute approximate surface area is 245 Å². The molecule has 0 saturated carbocycles. The number of aromatic nitrogens is 4. The van der Waals surface area contributed by atoms with Crippen LogP contribution in [0, 0.1) is 0 Å². The SMILES string of the molecule is C[n+]1ccn(CCCNc2ccc(N=C3CC(=O)C(N)=NC3=Nc3ccc(NCCCn4cc[n+](C)c4)cc3)cc2)c1. The van der Waals surface area contributed by atoms with Crippen molar-refractivity contribution in [1.29, 1.82) is 0 Å². The molecule has 42 heavy (non-hydrogen) atoms. The number of rotatable bonds is 12. The van der Waals surface area contributed by atoms with Gasteiger partial charge < -0.3 is 16.4 Å². The van der Waals surface area contributed by atoms with Crippen LogP contribution in [-0.4, -0.2) is 45.4 Å². The number of aryl methyl sites for hydroxylation is 4. The minimum absolute atomic E-state index is 0.0458. The van der Waals surface area contributed by atoms with Crippen LogP contribution in [0.3, 0.4) is 0 Å². The Morgan fingerprint density at radius 1 is 0.810 bits per heavy atom. The summed E-state index contributed by atoms with van der Waals surface area (Å²) >= 11 is 0. The molecule has 1 aliphatic rings. The number of nitrogens with zero attached hydrogens (tertiary/aromatic N) is 7. The van der Waals surface area contributed by atoms with E-state index in [4.69, 9.17) is 10.7 Å². The van der Waals surface area contributed by atoms with Gasteiger partial charge >= 0.3 is 0 Å². The average Bonchev–Trinajstić information content (AvgIpc) is 3.60. The zero-order chi connectivity index (χ0) is 29.3. The van der Waals surface area contributed by atoms with Gasteiger partial charge in [0.15, 0.2) is 11.7 Å². The third kappa shape index (κ3) is 8.00. The number of anilines is 2. The van der Waals surface area contributed by atoms with Gasteiger partial charge in [-0.2, -0.15) is 0 Å². The first kappa shape index (κ1) is 28.5. The topological polar surface area (TPSA) is 122 Å². The molecule has 0 bridgehead atoms. The van der Waals surface area contributed by atoms with E-state index in [0.29, 0.717) is 17.2 Å². The lowest BCUT2D eigenvalue weighted by molar-refractivity contribution is -0.671. The maximum atomic E-state index is 12.3. The minimum atomic E-state index is -0.254. The third-order valence-corrected chi connectivity index (χ3v) is 6.82. The summed E-state index contributed by atoms with van der Waals surface area (Å²) in [5.74, 6) is 0.0549. The maximum Gasteiger partial charge on any atom is 0.243 e. The number of nitrogens with two attached hydrogens (primary N) is 1. The van der Waals surface area contributed by atoms with Gasteiger partial charge in [0.2, 0.25) is 18.4 Å². The lowest BCUT2D eigenvalue weighted by Gasteiger charge is -2.13. The quantitative estimate of drug-likeness (QED) is 0.180. The molecule has 1 aliphatic heterocycles. The van der Waals surface area contributed by atoms with Gasteiger partial charge in [-0.1, -0.05) is 0 Å². The van der Waals surface area contributed by atoms with Crippen molar-refractivity contribution in [1.82, 2.24) is 9.13 Å². The van der Waals surface area contributed by atoms with Crippen LogP contribution in [-0.2, 0) is 32.0 Å². The van der Waals surface area contributed by atoms with Crippen LogP contribution in [0.5, 0.6) is 0 Å². The molecule has 0 fully saturated rings. The molecule has 0 aliphatic carbocycles. The predicted octanol–water partition coefficient (Wildman–Crippen LogP) is 3.08. The maximum absolute atomic E-state index is 12.3. The fraction of sp³-hybridized carbons (Fsp3) is 0.290. The first-order chi connectivity index (χ1) is 20.4. The number of ketones is 1. The highest BCUT2D eigenvalue weighted by molar-refractivity contribution is 6.58. The largest absolute Gasteiger partial charge is 0.385 e. The van der Waals surface area contributed by atoms with Crippen LogP contribution in [0.2, 0.25) is 0 Å². The van der Waals surface area contributed by atoms with Crippen molar-refractivity contribution in [2.75, 3.05) is 23.7 Å². The van der Waals surface area contributed by atoms with E-state index in [2.05, 4.69) is 54.8 Å². The van der Waals surface area contributed by atoms with Gasteiger partial charge in [-0.05, 0) is 48.5 Å². The number of carbonyl (C=O) groups excluding carboxylic acids is 1. The third-order valence-electron chi connectivity index (χ3n) is 6.82. The number of amidine groups is 2. The van der Waals surface area contributed by atoms with Gasteiger partial charge in [-0.3, -0.25) is 4.79 Å². The smallest absolute Gasteiger partial charge is 0.243 e. The number of aliphatic imine (C=N–C) groups is 3. The van der Waals surface area contributed by atoms with E-state index >= 15 is 0 Å². The summed E-state index contributed by atoms with van der Waals surface area (Å²) in [5, 5.41) is 6.89. The monoisotopic (exact) mass is 566 g/mol. The summed E-state index contributed by atoms with van der Waals surface area (Å²) in [6.07, 6.45) is 14.4. The molecule has 11 nitrogen and oxygen atoms in total. The van der Waals surface area contributed by atoms with Crippen molar-refractivity contribution in [2.45, 2.75) is 32.4 Å². The van der Waals surface area contributed by atoms with Gasteiger partial charge in [-0.25, -0.2) is 33.2 Å². The van der Waals surface area contributed by atoms with Gasteiger partial charge in [0.1, 0.15) is 24.8 Å². The molecule has 3 heterocycles. The molecule has 216 valence electrons. The van der Waals surface area contributed by atoms with Crippen molar-refractivity contribution in [3.8, 4) is 0 Å². The van der Waals surface area contributed by atoms with Gasteiger partial charge in [0.05, 0.1) is 50.7 Å². The van der Waals surface area contributed by atoms with E-state index in [9.17, 15) is 4.79 Å². The molecule has 11 heteroatoms. The Morgan fingerprint density at radius 2 is 1.31 bits per heavy atom. The number of benzene rings is 2. The summed E-state index contributed by atoms with van der Waals surface area (Å²) in [6.45, 7) is 3.62. The van der Waals surface area contributed by atoms with Gasteiger partial charge in [-0.15, -0.1) is 0 Å². The number of hydrogen-bond donors (Lipinski definition) is 3. The number of Topliss-reactive ketones (excluding diaryl/α,β-unsaturated/α-hetero) is 1. The first-order valence-corrected chi connectivity index (χ1v) is 14.2. The van der Waals surface area contributed by atoms with Crippen molar-refractivity contribution < 1.29 is 13.9 Å². The highest BCUT2D eigenvalue weighted by Gasteiger charge is 2.23. The minimum Gasteiger partial charge on any atom is -0.385 e. The van der Waals surface area contributed by atoms with Crippen LogP contribution >= 0.6 is 0 Å². The Kier molecular flexibility index (Phi) is 9.17. The second-order valence-electron chi connectivity index (χ2n) is 10.4. The summed E-state index contributed by atoms with van der Waals surface area (Å²) in [6, 6.07) is 15.6. The molecule has 0 radical (unpaired) electrons. The molecule has 2 aromatic heterocycles. The summed E-state index contributed by atoms with van der Waals surface area (Å²) < 4.78 is 8.40. The first-order valence-electron chi connectivity index (χ1n) is 14.2. The molecule has 0 amide bonds. The normalized spacial score (nSPS) is 15.3. The van der Waals surface area contributed by atoms with Crippen molar-refractivity contribution >= 4 is 45.9 Å². The second-order valence-corrected chi connectivity index (χ2v) is 10.4. The molecule has 0 atom stereocenters. The zero-order valence-corrected chi connectivity index (χ0v) is 24.1. The van der Waals surface area contributed by atoms with E-state index in [-0.39, 0.29) is 18.0 Å². The number of imidazole rings is 2. The lowest BCUT2D eigenvalue weighted by Crippen LogP contribution is -2.34. The lowest BCUT2D eigenvalue weighted by atomic mass is 10.1. The summed E-state index contributed by atoms with van der Waals surface area (Å²) in [7, 11) is 4.03. The van der Waals surface area contributed by atoms with Crippen molar-refractivity contribution in [2.24, 2.45) is 34.8 Å². The fourth-order valence-electron chi connectivity index (χ4n) is 4.58. The van der Waals surface area contributed by atoms with E-state index in [0.717, 1.165) is 56.1 Å². The Balaban J connectivity index is 1.18. The van der Waals surface area contributed by atoms with Gasteiger partial charge in [0.25, 0.3) is 0 Å². The standard InChI is InChI=1S/C31H37N10O/c1-38-17-19-40(22-38)15-3-13-33-24-5-9-26(10-6-24)35-28-21-29(42)30(32)37-31(28)36-27-11-7-25(8-12-27)34-14-4-16-41-20-18-39(2)23-41/h5-12,17-20,22-23H,3-4,13-16,21H2,1-2H3,(H3-,32,33,34,35,36,37,42)/q+1/p+1. The van der Waals surface area contributed by atoms with E-state index < -0.39 is 0 Å². The van der Waals surface area contributed by atoms with E-state index in [1.165, 1.54) is 0 Å².